The minimum absolute atomic E-state index is 0.0987. The van der Waals surface area contributed by atoms with Crippen LogP contribution in [0.2, 0.25) is 0 Å². The first kappa shape index (κ1) is 28.4. The van der Waals surface area contributed by atoms with E-state index in [9.17, 15) is 9.18 Å². The summed E-state index contributed by atoms with van der Waals surface area (Å²) < 4.78 is 49.5. The van der Waals surface area contributed by atoms with Crippen LogP contribution in [0.3, 0.4) is 0 Å². The Labute approximate surface area is 236 Å². The number of likely N-dealkylation sites (tertiary alicyclic amines) is 2. The maximum Gasteiger partial charge on any atom is 0.252 e. The van der Waals surface area contributed by atoms with Gasteiger partial charge in [0.15, 0.2) is 5.82 Å². The quantitative estimate of drug-likeness (QED) is 0.434. The average molecular weight is 566 g/mol. The summed E-state index contributed by atoms with van der Waals surface area (Å²) in [5.41, 5.74) is 0.101. The molecule has 3 aliphatic carbocycles. The first-order valence-corrected chi connectivity index (χ1v) is 15.5. The second kappa shape index (κ2) is 10.5. The van der Waals surface area contributed by atoms with Gasteiger partial charge in [-0.05, 0) is 83.3 Å². The molecule has 5 fully saturated rings. The van der Waals surface area contributed by atoms with Crippen LogP contribution in [0.25, 0.3) is 0 Å². The van der Waals surface area contributed by atoms with Crippen molar-refractivity contribution in [3.63, 3.8) is 0 Å². The van der Waals surface area contributed by atoms with E-state index in [1.165, 1.54) is 12.8 Å². The van der Waals surface area contributed by atoms with Crippen LogP contribution in [0.1, 0.15) is 102 Å². The summed E-state index contributed by atoms with van der Waals surface area (Å²) >= 11 is 0. The molecule has 3 saturated carbocycles. The number of rotatable bonds is 8. The Morgan fingerprint density at radius 2 is 1.73 bits per heavy atom. The van der Waals surface area contributed by atoms with E-state index in [1.807, 2.05) is 6.92 Å². The number of aromatic nitrogens is 2. The molecule has 0 spiro atoms. The van der Waals surface area contributed by atoms with Crippen molar-refractivity contribution in [1.82, 2.24) is 24.8 Å². The average Bonchev–Trinajstić information content (AvgIpc) is 3.78. The van der Waals surface area contributed by atoms with Crippen molar-refractivity contribution < 1.29 is 22.5 Å². The molecule has 0 bridgehead atoms. The van der Waals surface area contributed by atoms with E-state index in [-0.39, 0.29) is 36.1 Å². The van der Waals surface area contributed by atoms with Crippen LogP contribution in [-0.4, -0.2) is 94.7 Å². The van der Waals surface area contributed by atoms with E-state index in [4.69, 9.17) is 4.52 Å². The van der Waals surface area contributed by atoms with Crippen molar-refractivity contribution in [1.29, 1.82) is 0 Å². The topological polar surface area (TPSA) is 65.7 Å². The van der Waals surface area contributed by atoms with Crippen molar-refractivity contribution in [2.75, 3.05) is 39.8 Å². The minimum Gasteiger partial charge on any atom is -0.343 e. The summed E-state index contributed by atoms with van der Waals surface area (Å²) in [6, 6.07) is 0.271. The minimum atomic E-state index is -2.82. The molecule has 2 aliphatic heterocycles. The Kier molecular flexibility index (Phi) is 7.50. The van der Waals surface area contributed by atoms with Crippen LogP contribution < -0.4 is 0 Å². The summed E-state index contributed by atoms with van der Waals surface area (Å²) in [5, 5.41) is 4.12. The molecule has 10 heteroatoms. The highest BCUT2D eigenvalue weighted by Gasteiger charge is 2.51. The van der Waals surface area contributed by atoms with Gasteiger partial charge in [-0.2, -0.15) is 4.98 Å². The molecule has 1 aromatic rings. The second-order valence-corrected chi connectivity index (χ2v) is 14.3. The largest absolute Gasteiger partial charge is 0.343 e. The lowest BCUT2D eigenvalue weighted by Crippen LogP contribution is -2.56. The molecule has 5 aliphatic rings. The SMILES string of the molecule is CN(CC1(C)CC1)C1CCN([C@H]2CCCC(F)(F)[C@@H]2CC(=O)N2CCC(C)(c3noc([C@@H]4C[C@@H]4F)n3)CC2)CC1. The molecule has 0 aromatic carbocycles. The lowest BCUT2D eigenvalue weighted by atomic mass is 9.76. The summed E-state index contributed by atoms with van der Waals surface area (Å²) in [4.78, 5) is 24.4. The van der Waals surface area contributed by atoms with Gasteiger partial charge in [0, 0.05) is 55.9 Å². The number of nitrogens with zero attached hydrogens (tertiary/aromatic N) is 5. The van der Waals surface area contributed by atoms with Gasteiger partial charge in [-0.1, -0.05) is 19.0 Å². The maximum atomic E-state index is 15.4. The lowest BCUT2D eigenvalue weighted by molar-refractivity contribution is -0.151. The molecule has 7 nitrogen and oxygen atoms in total. The van der Waals surface area contributed by atoms with Gasteiger partial charge in [-0.25, -0.2) is 13.2 Å². The number of carbonyl (C=O) groups is 1. The van der Waals surface area contributed by atoms with Gasteiger partial charge in [0.2, 0.25) is 11.8 Å². The van der Waals surface area contributed by atoms with Crippen molar-refractivity contribution in [3.8, 4) is 0 Å². The van der Waals surface area contributed by atoms with Crippen LogP contribution in [0.5, 0.6) is 0 Å². The van der Waals surface area contributed by atoms with Crippen molar-refractivity contribution in [2.24, 2.45) is 11.3 Å². The Morgan fingerprint density at radius 1 is 1.05 bits per heavy atom. The molecule has 6 rings (SSSR count). The highest BCUT2D eigenvalue weighted by molar-refractivity contribution is 5.76. The molecule has 1 aromatic heterocycles. The number of alkyl halides is 3. The fourth-order valence-electron chi connectivity index (χ4n) is 7.54. The van der Waals surface area contributed by atoms with Gasteiger partial charge < -0.3 is 14.3 Å². The van der Waals surface area contributed by atoms with Crippen LogP contribution >= 0.6 is 0 Å². The maximum absolute atomic E-state index is 15.4. The van der Waals surface area contributed by atoms with E-state index >= 15 is 8.78 Å². The third-order valence-corrected chi connectivity index (χ3v) is 11.0. The number of amides is 1. The van der Waals surface area contributed by atoms with E-state index in [0.29, 0.717) is 61.9 Å². The fraction of sp³-hybridized carbons (Fsp3) is 0.900. The predicted octanol–water partition coefficient (Wildman–Crippen LogP) is 5.17. The molecular formula is C30H46F3N5O2. The molecule has 3 heterocycles. The van der Waals surface area contributed by atoms with Gasteiger partial charge in [0.05, 0.1) is 5.92 Å². The normalized spacial score (nSPS) is 33.7. The van der Waals surface area contributed by atoms with Crippen LogP contribution in [0.4, 0.5) is 13.2 Å². The zero-order valence-electron chi connectivity index (χ0n) is 24.4. The Bertz CT molecular complexity index is 1060. The standard InChI is InChI=1S/C30H46F3N5O2/c1-28(9-10-28)19-36(3)20-6-13-37(14-7-20)24-5-4-8-30(32,33)22(24)18-25(39)38-15-11-29(2,12-16-38)27-34-26(40-35-27)21-17-23(21)31/h20-24H,4-19H2,1-3H3/t21-,22-,23+,24+/m1/s1. The molecule has 2 saturated heterocycles. The van der Waals surface area contributed by atoms with E-state index in [1.54, 1.807) is 4.90 Å². The van der Waals surface area contributed by atoms with Gasteiger partial charge >= 0.3 is 0 Å². The lowest BCUT2D eigenvalue weighted by Gasteiger charge is -2.47. The fourth-order valence-corrected chi connectivity index (χ4v) is 7.54. The summed E-state index contributed by atoms with van der Waals surface area (Å²) in [6.45, 7) is 8.14. The molecule has 40 heavy (non-hydrogen) atoms. The Morgan fingerprint density at radius 3 is 2.35 bits per heavy atom. The molecule has 0 unspecified atom stereocenters. The predicted molar refractivity (Wildman–Crippen MR) is 145 cm³/mol. The van der Waals surface area contributed by atoms with Crippen molar-refractivity contribution >= 4 is 5.91 Å². The first-order valence-electron chi connectivity index (χ1n) is 15.5. The summed E-state index contributed by atoms with van der Waals surface area (Å²) in [7, 11) is 2.22. The monoisotopic (exact) mass is 565 g/mol. The second-order valence-electron chi connectivity index (χ2n) is 14.3. The third kappa shape index (κ3) is 5.81. The zero-order chi connectivity index (χ0) is 28.3. The highest BCUT2D eigenvalue weighted by atomic mass is 19.3. The molecule has 224 valence electrons. The van der Waals surface area contributed by atoms with Gasteiger partial charge in [-0.15, -0.1) is 0 Å². The van der Waals surface area contributed by atoms with E-state index in [0.717, 1.165) is 38.9 Å². The summed E-state index contributed by atoms with van der Waals surface area (Å²) in [5.74, 6) is -3.29. The van der Waals surface area contributed by atoms with Gasteiger partial charge in [-0.3, -0.25) is 9.69 Å². The Balaban J connectivity index is 1.04. The van der Waals surface area contributed by atoms with E-state index in [2.05, 4.69) is 33.9 Å². The number of hydrogen-bond donors (Lipinski definition) is 0. The van der Waals surface area contributed by atoms with Crippen molar-refractivity contribution in [2.45, 2.75) is 120 Å². The molecule has 4 atom stereocenters. The molecule has 0 radical (unpaired) electrons. The van der Waals surface area contributed by atoms with E-state index < -0.39 is 18.0 Å². The molecule has 0 N–H and O–H groups in total. The van der Waals surface area contributed by atoms with Crippen molar-refractivity contribution in [3.05, 3.63) is 11.7 Å². The molecule has 1 amide bonds. The zero-order valence-corrected chi connectivity index (χ0v) is 24.4. The Hall–Kier alpha value is -1.68. The number of halogens is 3. The molecular weight excluding hydrogens is 519 g/mol. The number of piperidine rings is 2. The first-order chi connectivity index (χ1) is 19.0. The highest BCUT2D eigenvalue weighted by Crippen LogP contribution is 2.47. The number of hydrogen-bond acceptors (Lipinski definition) is 6. The third-order valence-electron chi connectivity index (χ3n) is 11.0. The summed E-state index contributed by atoms with van der Waals surface area (Å²) in [6.07, 6.45) is 6.44. The van der Waals surface area contributed by atoms with Crippen LogP contribution in [0, 0.1) is 11.3 Å². The number of carbonyl (C=O) groups excluding carboxylic acids is 1. The van der Waals surface area contributed by atoms with Crippen LogP contribution in [-0.2, 0) is 10.2 Å². The smallest absolute Gasteiger partial charge is 0.252 e. The van der Waals surface area contributed by atoms with Gasteiger partial charge in [0.25, 0.3) is 5.92 Å². The van der Waals surface area contributed by atoms with Gasteiger partial charge in [0.1, 0.15) is 6.17 Å². The van der Waals surface area contributed by atoms with Crippen LogP contribution in [0.15, 0.2) is 4.52 Å².